The monoisotopic (exact) mass is 464 g/mol. The highest BCUT2D eigenvalue weighted by molar-refractivity contribution is 7.15. The standard InChI is InChI=1S/C24H28N6O2S/c1-16-25-14-21(33-16)18-4-5-19-13-26-24(27-20(19)12-18)28-23(32)17-6-10-30(11-7-17)22(31)15-29-8-2-3-9-29/h4-5,12-14,17H,2-3,6-11,15H2,1H3,(H,26,27,28,32). The van der Waals surface area contributed by atoms with Crippen LogP contribution in [0, 0.1) is 12.8 Å². The average molecular weight is 465 g/mol. The largest absolute Gasteiger partial charge is 0.342 e. The van der Waals surface area contributed by atoms with Crippen molar-refractivity contribution in [2.24, 2.45) is 5.92 Å². The van der Waals surface area contributed by atoms with Crippen molar-refractivity contribution in [1.82, 2.24) is 24.8 Å². The molecule has 9 heteroatoms. The van der Waals surface area contributed by atoms with Gasteiger partial charge in [-0.05, 0) is 57.3 Å². The van der Waals surface area contributed by atoms with Gasteiger partial charge < -0.3 is 4.90 Å². The molecular weight excluding hydrogens is 436 g/mol. The minimum absolute atomic E-state index is 0.0739. The third-order valence-corrected chi connectivity index (χ3v) is 7.46. The van der Waals surface area contributed by atoms with E-state index in [0.717, 1.165) is 39.4 Å². The molecule has 4 heterocycles. The number of hydrogen-bond acceptors (Lipinski definition) is 7. The maximum Gasteiger partial charge on any atom is 0.236 e. The van der Waals surface area contributed by atoms with Gasteiger partial charge in [-0.3, -0.25) is 19.8 Å². The summed E-state index contributed by atoms with van der Waals surface area (Å²) in [4.78, 5) is 43.8. The lowest BCUT2D eigenvalue weighted by Crippen LogP contribution is -2.45. The maximum absolute atomic E-state index is 12.8. The SMILES string of the molecule is Cc1ncc(-c2ccc3cnc(NC(=O)C4CCN(C(=O)CN5CCCC5)CC4)nc3c2)s1. The van der Waals surface area contributed by atoms with Gasteiger partial charge in [0.1, 0.15) is 0 Å². The summed E-state index contributed by atoms with van der Waals surface area (Å²) < 4.78 is 0. The lowest BCUT2D eigenvalue weighted by atomic mass is 9.96. The minimum atomic E-state index is -0.133. The summed E-state index contributed by atoms with van der Waals surface area (Å²) in [6.07, 6.45) is 7.30. The molecule has 3 aromatic rings. The fourth-order valence-corrected chi connectivity index (χ4v) is 5.34. The first-order chi connectivity index (χ1) is 16.0. The molecule has 2 aliphatic rings. The zero-order valence-corrected chi connectivity index (χ0v) is 19.6. The minimum Gasteiger partial charge on any atom is -0.342 e. The van der Waals surface area contributed by atoms with Crippen LogP contribution in [0.5, 0.6) is 0 Å². The molecule has 2 aliphatic heterocycles. The summed E-state index contributed by atoms with van der Waals surface area (Å²) in [6, 6.07) is 6.03. The van der Waals surface area contributed by atoms with Crippen LogP contribution in [0.2, 0.25) is 0 Å². The average Bonchev–Trinajstić information content (AvgIpc) is 3.50. The van der Waals surface area contributed by atoms with Crippen LogP contribution in [0.15, 0.2) is 30.6 Å². The van der Waals surface area contributed by atoms with Crippen molar-refractivity contribution >= 4 is 40.0 Å². The van der Waals surface area contributed by atoms with Crippen LogP contribution in [0.1, 0.15) is 30.7 Å². The van der Waals surface area contributed by atoms with E-state index in [0.29, 0.717) is 38.4 Å². The highest BCUT2D eigenvalue weighted by Crippen LogP contribution is 2.28. The number of fused-ring (bicyclic) bond motifs is 1. The molecule has 33 heavy (non-hydrogen) atoms. The van der Waals surface area contributed by atoms with Crippen molar-refractivity contribution < 1.29 is 9.59 Å². The van der Waals surface area contributed by atoms with Crippen molar-refractivity contribution in [3.8, 4) is 10.4 Å². The molecule has 172 valence electrons. The van der Waals surface area contributed by atoms with Gasteiger partial charge in [0.05, 0.1) is 21.9 Å². The molecular formula is C24H28N6O2S. The Morgan fingerprint density at radius 1 is 1.09 bits per heavy atom. The summed E-state index contributed by atoms with van der Waals surface area (Å²) in [6.45, 7) is 5.77. The predicted octanol–water partition coefficient (Wildman–Crippen LogP) is 3.33. The summed E-state index contributed by atoms with van der Waals surface area (Å²) >= 11 is 1.64. The Kier molecular flexibility index (Phi) is 6.32. The Labute approximate surface area is 197 Å². The fraction of sp³-hybridized carbons (Fsp3) is 0.458. The van der Waals surface area contributed by atoms with Gasteiger partial charge in [-0.25, -0.2) is 15.0 Å². The van der Waals surface area contributed by atoms with E-state index in [1.165, 1.54) is 12.8 Å². The highest BCUT2D eigenvalue weighted by atomic mass is 32.1. The number of piperidine rings is 1. The molecule has 5 rings (SSSR count). The van der Waals surface area contributed by atoms with E-state index in [-0.39, 0.29) is 17.7 Å². The van der Waals surface area contributed by atoms with Gasteiger partial charge in [-0.15, -0.1) is 11.3 Å². The van der Waals surface area contributed by atoms with E-state index in [4.69, 9.17) is 0 Å². The summed E-state index contributed by atoms with van der Waals surface area (Å²) in [7, 11) is 0. The van der Waals surface area contributed by atoms with Crippen molar-refractivity contribution in [1.29, 1.82) is 0 Å². The van der Waals surface area contributed by atoms with Gasteiger partial charge in [0.15, 0.2) is 0 Å². The molecule has 0 bridgehead atoms. The zero-order valence-electron chi connectivity index (χ0n) is 18.8. The number of amides is 2. The van der Waals surface area contributed by atoms with E-state index in [1.807, 2.05) is 36.2 Å². The molecule has 2 saturated heterocycles. The number of thiazole rings is 1. The molecule has 0 atom stereocenters. The van der Waals surface area contributed by atoms with Crippen LogP contribution >= 0.6 is 11.3 Å². The Morgan fingerprint density at radius 2 is 1.88 bits per heavy atom. The van der Waals surface area contributed by atoms with Crippen LogP contribution in [0.3, 0.4) is 0 Å². The molecule has 2 fully saturated rings. The van der Waals surface area contributed by atoms with Gasteiger partial charge in [0.2, 0.25) is 17.8 Å². The van der Waals surface area contributed by atoms with E-state index < -0.39 is 0 Å². The van der Waals surface area contributed by atoms with E-state index in [1.54, 1.807) is 17.5 Å². The molecule has 0 saturated carbocycles. The molecule has 2 amide bonds. The number of hydrogen-bond donors (Lipinski definition) is 1. The second kappa shape index (κ2) is 9.52. The number of anilines is 1. The second-order valence-electron chi connectivity index (χ2n) is 8.84. The Hall–Kier alpha value is -2.91. The number of nitrogens with one attached hydrogen (secondary N) is 1. The van der Waals surface area contributed by atoms with Crippen molar-refractivity contribution in [2.45, 2.75) is 32.6 Å². The molecule has 1 N–H and O–H groups in total. The Bertz CT molecular complexity index is 1160. The van der Waals surface area contributed by atoms with Gasteiger partial charge in [-0.2, -0.15) is 0 Å². The third-order valence-electron chi connectivity index (χ3n) is 6.50. The van der Waals surface area contributed by atoms with Crippen LogP contribution in [0.25, 0.3) is 21.3 Å². The Balaban J connectivity index is 1.19. The molecule has 0 aliphatic carbocycles. The van der Waals surface area contributed by atoms with Crippen molar-refractivity contribution in [3.05, 3.63) is 35.6 Å². The lowest BCUT2D eigenvalue weighted by molar-refractivity contribution is -0.135. The van der Waals surface area contributed by atoms with Crippen molar-refractivity contribution in [3.63, 3.8) is 0 Å². The van der Waals surface area contributed by atoms with Gasteiger partial charge in [0.25, 0.3) is 0 Å². The first kappa shape index (κ1) is 21.9. The van der Waals surface area contributed by atoms with Crippen LogP contribution < -0.4 is 5.32 Å². The van der Waals surface area contributed by atoms with E-state index in [9.17, 15) is 9.59 Å². The number of aromatic nitrogens is 3. The number of nitrogens with zero attached hydrogens (tertiary/aromatic N) is 5. The third kappa shape index (κ3) is 5.04. The van der Waals surface area contributed by atoms with Crippen LogP contribution in [-0.4, -0.2) is 69.3 Å². The normalized spacial score (nSPS) is 17.5. The fourth-order valence-electron chi connectivity index (χ4n) is 4.57. The predicted molar refractivity (Wildman–Crippen MR) is 129 cm³/mol. The number of carbonyl (C=O) groups excluding carboxylic acids is 2. The maximum atomic E-state index is 12.8. The van der Waals surface area contributed by atoms with E-state index in [2.05, 4.69) is 25.2 Å². The zero-order chi connectivity index (χ0) is 22.8. The van der Waals surface area contributed by atoms with Crippen LogP contribution in [0.4, 0.5) is 5.95 Å². The summed E-state index contributed by atoms with van der Waals surface area (Å²) in [5.74, 6) is 0.292. The Morgan fingerprint density at radius 3 is 2.61 bits per heavy atom. The summed E-state index contributed by atoms with van der Waals surface area (Å²) in [5, 5.41) is 4.82. The molecule has 1 aromatic carbocycles. The van der Waals surface area contributed by atoms with Crippen molar-refractivity contribution in [2.75, 3.05) is 38.0 Å². The van der Waals surface area contributed by atoms with Gasteiger partial charge in [0, 0.05) is 36.8 Å². The number of likely N-dealkylation sites (tertiary alicyclic amines) is 2. The second-order valence-corrected chi connectivity index (χ2v) is 10.1. The number of aryl methyl sites for hydroxylation is 1. The van der Waals surface area contributed by atoms with Gasteiger partial charge in [-0.1, -0.05) is 12.1 Å². The number of rotatable bonds is 5. The number of benzene rings is 1. The first-order valence-corrected chi connectivity index (χ1v) is 12.4. The van der Waals surface area contributed by atoms with E-state index >= 15 is 0 Å². The molecule has 2 aromatic heterocycles. The quantitative estimate of drug-likeness (QED) is 0.623. The molecule has 0 spiro atoms. The molecule has 8 nitrogen and oxygen atoms in total. The number of carbonyl (C=O) groups is 2. The highest BCUT2D eigenvalue weighted by Gasteiger charge is 2.28. The summed E-state index contributed by atoms with van der Waals surface area (Å²) in [5.41, 5.74) is 1.83. The van der Waals surface area contributed by atoms with Gasteiger partial charge >= 0.3 is 0 Å². The molecule has 0 radical (unpaired) electrons. The molecule has 0 unspecified atom stereocenters. The lowest BCUT2D eigenvalue weighted by Gasteiger charge is -2.32. The topological polar surface area (TPSA) is 91.3 Å². The smallest absolute Gasteiger partial charge is 0.236 e. The first-order valence-electron chi connectivity index (χ1n) is 11.6. The van der Waals surface area contributed by atoms with Crippen LogP contribution in [-0.2, 0) is 9.59 Å².